The van der Waals surface area contributed by atoms with Crippen LogP contribution in [0.4, 0.5) is 18.9 Å². The average molecular weight is 485 g/mol. The molecule has 0 radical (unpaired) electrons. The molecule has 0 spiro atoms. The van der Waals surface area contributed by atoms with E-state index < -0.39 is 11.7 Å². The number of halogens is 3. The Morgan fingerprint density at radius 1 is 1.00 bits per heavy atom. The quantitative estimate of drug-likeness (QED) is 0.454. The summed E-state index contributed by atoms with van der Waals surface area (Å²) in [5.74, 6) is 0.374. The summed E-state index contributed by atoms with van der Waals surface area (Å²) in [6.07, 6.45) is -3.92. The maximum absolute atomic E-state index is 13.6. The summed E-state index contributed by atoms with van der Waals surface area (Å²) in [4.78, 5) is 1.90. The first-order valence-electron chi connectivity index (χ1n) is 11.8. The first kappa shape index (κ1) is 25.1. The van der Waals surface area contributed by atoms with Crippen molar-refractivity contribution in [2.24, 2.45) is 5.92 Å². The minimum atomic E-state index is -4.46. The number of nitrogens with zero attached hydrogens (tertiary/aromatic N) is 1. The van der Waals surface area contributed by atoms with E-state index in [9.17, 15) is 18.3 Å². The van der Waals surface area contributed by atoms with Crippen molar-refractivity contribution in [3.8, 4) is 5.75 Å². The van der Waals surface area contributed by atoms with Crippen LogP contribution in [0.5, 0.6) is 5.75 Å². The lowest BCUT2D eigenvalue weighted by Gasteiger charge is -2.39. The fourth-order valence-corrected chi connectivity index (χ4v) is 5.36. The average Bonchev–Trinajstić information content (AvgIpc) is 3.27. The van der Waals surface area contributed by atoms with E-state index in [2.05, 4.69) is 29.6 Å². The van der Waals surface area contributed by atoms with Gasteiger partial charge < -0.3 is 20.1 Å². The van der Waals surface area contributed by atoms with Crippen LogP contribution in [0.25, 0.3) is 0 Å². The van der Waals surface area contributed by atoms with Crippen molar-refractivity contribution >= 4 is 5.69 Å². The van der Waals surface area contributed by atoms with E-state index in [0.717, 1.165) is 23.3 Å². The maximum atomic E-state index is 13.6. The summed E-state index contributed by atoms with van der Waals surface area (Å²) in [6.45, 7) is 0.655. The normalized spacial score (nSPS) is 20.3. The smallest absolute Gasteiger partial charge is 0.416 e. The fraction of sp³-hybridized carbons (Fsp3) is 0.357. The second-order valence-corrected chi connectivity index (χ2v) is 8.99. The fourth-order valence-electron chi connectivity index (χ4n) is 5.36. The standard InChI is InChI=1S/C28H31F3N2O2/c1-33(23-17-22(28(29,30)31)13-14-24(23)35-2)27-21(15-16-34)18-32-26(27)25(19-9-5-3-6-10-19)20-11-7-4-8-12-20/h3-14,17,21,25-27,32,34H,15-16,18H2,1-2H3. The number of rotatable bonds is 8. The molecule has 3 atom stereocenters. The monoisotopic (exact) mass is 484 g/mol. The van der Waals surface area contributed by atoms with Gasteiger partial charge in [0.1, 0.15) is 5.75 Å². The molecule has 1 aliphatic heterocycles. The topological polar surface area (TPSA) is 44.7 Å². The van der Waals surface area contributed by atoms with Gasteiger partial charge in [-0.25, -0.2) is 0 Å². The van der Waals surface area contributed by atoms with Gasteiger partial charge in [-0.15, -0.1) is 0 Å². The van der Waals surface area contributed by atoms with Crippen molar-refractivity contribution in [3.63, 3.8) is 0 Å². The highest BCUT2D eigenvalue weighted by Gasteiger charge is 2.44. The van der Waals surface area contributed by atoms with Crippen LogP contribution in [0.15, 0.2) is 78.9 Å². The summed E-state index contributed by atoms with van der Waals surface area (Å²) < 4.78 is 46.2. The molecular weight excluding hydrogens is 453 g/mol. The minimum Gasteiger partial charge on any atom is -0.495 e. The number of aliphatic hydroxyl groups is 1. The molecular formula is C28H31F3N2O2. The van der Waals surface area contributed by atoms with Gasteiger partial charge in [-0.3, -0.25) is 0 Å². The summed E-state index contributed by atoms with van der Waals surface area (Å²) >= 11 is 0. The number of aliphatic hydroxyl groups excluding tert-OH is 1. The van der Waals surface area contributed by atoms with Crippen molar-refractivity contribution in [1.29, 1.82) is 0 Å². The Kier molecular flexibility index (Phi) is 7.67. The molecule has 0 aliphatic carbocycles. The number of benzene rings is 3. The molecule has 0 saturated carbocycles. The molecule has 186 valence electrons. The molecule has 4 rings (SSSR count). The van der Waals surface area contributed by atoms with Crippen LogP contribution in [0.1, 0.15) is 29.0 Å². The third-order valence-electron chi connectivity index (χ3n) is 6.98. The SMILES string of the molecule is COc1ccc(C(F)(F)F)cc1N(C)C1C(CCO)CNC1C(c1ccccc1)c1ccccc1. The van der Waals surface area contributed by atoms with E-state index in [-0.39, 0.29) is 30.5 Å². The third kappa shape index (κ3) is 5.31. The molecule has 0 amide bonds. The lowest BCUT2D eigenvalue weighted by Crippen LogP contribution is -2.48. The number of nitrogens with one attached hydrogen (secondary N) is 1. The van der Waals surface area contributed by atoms with Crippen molar-refractivity contribution in [2.45, 2.75) is 30.6 Å². The van der Waals surface area contributed by atoms with Gasteiger partial charge in [-0.2, -0.15) is 13.2 Å². The molecule has 1 heterocycles. The summed E-state index contributed by atoms with van der Waals surface area (Å²) in [5.41, 5.74) is 1.90. The van der Waals surface area contributed by atoms with Crippen LogP contribution in [-0.2, 0) is 6.18 Å². The second-order valence-electron chi connectivity index (χ2n) is 8.99. The Balaban J connectivity index is 1.81. The number of likely N-dealkylation sites (N-methyl/N-ethyl adjacent to an activating group) is 1. The van der Waals surface area contributed by atoms with Crippen LogP contribution in [-0.4, -0.2) is 44.5 Å². The van der Waals surface area contributed by atoms with Gasteiger partial charge in [0.15, 0.2) is 0 Å². The molecule has 35 heavy (non-hydrogen) atoms. The van der Waals surface area contributed by atoms with Gasteiger partial charge >= 0.3 is 6.18 Å². The summed E-state index contributed by atoms with van der Waals surface area (Å²) in [7, 11) is 3.28. The molecule has 0 bridgehead atoms. The Labute approximate surface area is 204 Å². The van der Waals surface area contributed by atoms with Crippen molar-refractivity contribution < 1.29 is 23.0 Å². The molecule has 3 aromatic carbocycles. The molecule has 3 unspecified atom stereocenters. The van der Waals surface area contributed by atoms with E-state index in [1.807, 2.05) is 48.3 Å². The molecule has 7 heteroatoms. The lowest BCUT2D eigenvalue weighted by atomic mass is 9.79. The molecule has 1 saturated heterocycles. The number of methoxy groups -OCH3 is 1. The van der Waals surface area contributed by atoms with Gasteiger partial charge in [-0.05, 0) is 41.7 Å². The van der Waals surface area contributed by atoms with Crippen LogP contribution in [0.2, 0.25) is 0 Å². The lowest BCUT2D eigenvalue weighted by molar-refractivity contribution is -0.137. The Hall–Kier alpha value is -3.03. The molecule has 1 aliphatic rings. The van der Waals surface area contributed by atoms with Crippen molar-refractivity contribution in [1.82, 2.24) is 5.32 Å². The molecule has 4 nitrogen and oxygen atoms in total. The summed E-state index contributed by atoms with van der Waals surface area (Å²) in [6, 6.07) is 23.6. The van der Waals surface area contributed by atoms with E-state index in [1.165, 1.54) is 13.2 Å². The van der Waals surface area contributed by atoms with Crippen LogP contribution in [0.3, 0.4) is 0 Å². The second kappa shape index (κ2) is 10.7. The van der Waals surface area contributed by atoms with Gasteiger partial charge in [0.05, 0.1) is 18.4 Å². The van der Waals surface area contributed by atoms with Gasteiger partial charge in [0.25, 0.3) is 0 Å². The minimum absolute atomic E-state index is 0.00444. The highest BCUT2D eigenvalue weighted by atomic mass is 19.4. The van der Waals surface area contributed by atoms with E-state index >= 15 is 0 Å². The Morgan fingerprint density at radius 3 is 2.11 bits per heavy atom. The molecule has 3 aromatic rings. The van der Waals surface area contributed by atoms with Gasteiger partial charge in [0.2, 0.25) is 0 Å². The number of hydrogen-bond donors (Lipinski definition) is 2. The zero-order valence-corrected chi connectivity index (χ0v) is 19.9. The predicted octanol–water partition coefficient (Wildman–Crippen LogP) is 5.32. The number of anilines is 1. The number of hydrogen-bond acceptors (Lipinski definition) is 4. The summed E-state index contributed by atoms with van der Waals surface area (Å²) in [5, 5.41) is 13.4. The van der Waals surface area contributed by atoms with Crippen LogP contribution < -0.4 is 15.0 Å². The first-order valence-corrected chi connectivity index (χ1v) is 11.8. The Morgan fingerprint density at radius 2 is 1.60 bits per heavy atom. The highest BCUT2D eigenvalue weighted by Crippen LogP contribution is 2.42. The zero-order valence-electron chi connectivity index (χ0n) is 19.9. The highest BCUT2D eigenvalue weighted by molar-refractivity contribution is 5.61. The number of ether oxygens (including phenoxy) is 1. The zero-order chi connectivity index (χ0) is 25.0. The van der Waals surface area contributed by atoms with E-state index in [4.69, 9.17) is 4.74 Å². The molecule has 0 aromatic heterocycles. The van der Waals surface area contributed by atoms with Crippen molar-refractivity contribution in [3.05, 3.63) is 95.6 Å². The predicted molar refractivity (Wildman–Crippen MR) is 132 cm³/mol. The molecule has 1 fully saturated rings. The largest absolute Gasteiger partial charge is 0.495 e. The Bertz CT molecular complexity index is 1050. The van der Waals surface area contributed by atoms with Gasteiger partial charge in [-0.1, -0.05) is 60.7 Å². The van der Waals surface area contributed by atoms with Crippen LogP contribution in [0, 0.1) is 5.92 Å². The first-order chi connectivity index (χ1) is 16.8. The van der Waals surface area contributed by atoms with Crippen molar-refractivity contribution in [2.75, 3.05) is 32.2 Å². The van der Waals surface area contributed by atoms with Crippen LogP contribution >= 0.6 is 0 Å². The van der Waals surface area contributed by atoms with E-state index in [0.29, 0.717) is 24.4 Å². The molecule has 2 N–H and O–H groups in total. The van der Waals surface area contributed by atoms with Gasteiger partial charge in [0, 0.05) is 38.2 Å². The maximum Gasteiger partial charge on any atom is 0.416 e. The third-order valence-corrected chi connectivity index (χ3v) is 6.98. The number of alkyl halides is 3. The van der Waals surface area contributed by atoms with E-state index in [1.54, 1.807) is 0 Å².